The molecule has 0 unspecified atom stereocenters. The number of aromatic nitrogens is 1. The Morgan fingerprint density at radius 1 is 1.16 bits per heavy atom. The summed E-state index contributed by atoms with van der Waals surface area (Å²) in [5.41, 5.74) is 2.21. The van der Waals surface area contributed by atoms with Crippen LogP contribution >= 0.6 is 12.2 Å². The Morgan fingerprint density at radius 3 is 2.76 bits per heavy atom. The van der Waals surface area contributed by atoms with Gasteiger partial charge in [-0.05, 0) is 48.3 Å². The zero-order valence-electron chi connectivity index (χ0n) is 13.8. The lowest BCUT2D eigenvalue weighted by molar-refractivity contribution is 0.177. The first-order valence-corrected chi connectivity index (χ1v) is 8.98. The van der Waals surface area contributed by atoms with E-state index >= 15 is 0 Å². The first kappa shape index (κ1) is 16.3. The average molecular weight is 357 g/mol. The highest BCUT2D eigenvalue weighted by molar-refractivity contribution is 7.80. The molecule has 6 heteroatoms. The lowest BCUT2D eigenvalue weighted by Crippen LogP contribution is -2.51. The van der Waals surface area contributed by atoms with Crippen LogP contribution in [0.15, 0.2) is 47.3 Å². The van der Waals surface area contributed by atoms with Gasteiger partial charge in [-0.1, -0.05) is 18.2 Å². The Labute approximate surface area is 151 Å². The van der Waals surface area contributed by atoms with E-state index in [9.17, 15) is 9.18 Å². The van der Waals surface area contributed by atoms with Crippen LogP contribution in [0.2, 0.25) is 0 Å². The van der Waals surface area contributed by atoms with Gasteiger partial charge in [-0.15, -0.1) is 0 Å². The third kappa shape index (κ3) is 3.31. The monoisotopic (exact) mass is 357 g/mol. The molecule has 1 aromatic carbocycles. The summed E-state index contributed by atoms with van der Waals surface area (Å²) in [5, 5.41) is 4.01. The van der Waals surface area contributed by atoms with Crippen molar-refractivity contribution in [2.45, 2.75) is 25.4 Å². The van der Waals surface area contributed by atoms with Crippen LogP contribution in [0, 0.1) is 11.7 Å². The highest BCUT2D eigenvalue weighted by atomic mass is 32.1. The molecule has 2 bridgehead atoms. The van der Waals surface area contributed by atoms with Crippen molar-refractivity contribution < 1.29 is 4.39 Å². The number of benzene rings is 1. The molecule has 2 aliphatic rings. The largest absolute Gasteiger partial charge is 0.358 e. The first-order chi connectivity index (χ1) is 12.1. The fourth-order valence-electron chi connectivity index (χ4n) is 3.95. The van der Waals surface area contributed by atoms with E-state index in [4.69, 9.17) is 12.2 Å². The van der Waals surface area contributed by atoms with Gasteiger partial charge in [0.2, 0.25) is 0 Å². The van der Waals surface area contributed by atoms with E-state index in [1.54, 1.807) is 18.2 Å². The third-order valence-corrected chi connectivity index (χ3v) is 5.53. The van der Waals surface area contributed by atoms with E-state index in [1.807, 2.05) is 10.6 Å². The van der Waals surface area contributed by atoms with Crippen molar-refractivity contribution in [3.63, 3.8) is 0 Å². The number of hydrogen-bond acceptors (Lipinski definition) is 2. The second-order valence-corrected chi connectivity index (χ2v) is 7.27. The Bertz CT molecular complexity index is 848. The molecule has 2 atom stereocenters. The molecule has 25 heavy (non-hydrogen) atoms. The van der Waals surface area contributed by atoms with E-state index < -0.39 is 0 Å². The van der Waals surface area contributed by atoms with Crippen LogP contribution in [0.3, 0.4) is 0 Å². The van der Waals surface area contributed by atoms with Crippen LogP contribution in [0.4, 0.5) is 4.39 Å². The number of rotatable bonds is 2. The molecule has 0 spiro atoms. The van der Waals surface area contributed by atoms with Gasteiger partial charge >= 0.3 is 0 Å². The van der Waals surface area contributed by atoms with Crippen molar-refractivity contribution in [2.75, 3.05) is 13.1 Å². The zero-order chi connectivity index (χ0) is 17.4. The summed E-state index contributed by atoms with van der Waals surface area (Å²) in [5.74, 6) is 0.549. The van der Waals surface area contributed by atoms with Gasteiger partial charge in [0.25, 0.3) is 5.56 Å². The normalized spacial score (nSPS) is 21.6. The highest BCUT2D eigenvalue weighted by Crippen LogP contribution is 2.34. The summed E-state index contributed by atoms with van der Waals surface area (Å²) in [4.78, 5) is 14.3. The molecule has 0 saturated carbocycles. The molecule has 130 valence electrons. The second-order valence-electron chi connectivity index (χ2n) is 6.89. The topological polar surface area (TPSA) is 37.3 Å². The minimum Gasteiger partial charge on any atom is -0.358 e. The van der Waals surface area contributed by atoms with Gasteiger partial charge < -0.3 is 14.8 Å². The molecular formula is C19H20FN3OS. The molecule has 1 saturated heterocycles. The van der Waals surface area contributed by atoms with E-state index in [0.29, 0.717) is 18.4 Å². The van der Waals surface area contributed by atoms with Crippen LogP contribution in [0.5, 0.6) is 0 Å². The van der Waals surface area contributed by atoms with Crippen LogP contribution < -0.4 is 10.9 Å². The Kier molecular flexibility index (Phi) is 4.29. The molecule has 2 aromatic rings. The smallest absolute Gasteiger partial charge is 0.250 e. The summed E-state index contributed by atoms with van der Waals surface area (Å²) in [6.07, 6.45) is 1.11. The SMILES string of the molecule is O=c1cccc2n1C[C@H]1C[C@H]2CN(C(=S)NCc2ccc(F)cc2)C1. The van der Waals surface area contributed by atoms with Crippen molar-refractivity contribution in [3.8, 4) is 0 Å². The molecule has 3 heterocycles. The number of pyridine rings is 1. The van der Waals surface area contributed by atoms with E-state index in [0.717, 1.165) is 42.4 Å². The maximum absolute atomic E-state index is 13.0. The minimum absolute atomic E-state index is 0.0951. The maximum atomic E-state index is 13.0. The van der Waals surface area contributed by atoms with Crippen molar-refractivity contribution in [3.05, 3.63) is 69.9 Å². The van der Waals surface area contributed by atoms with Crippen molar-refractivity contribution in [1.82, 2.24) is 14.8 Å². The van der Waals surface area contributed by atoms with Crippen LogP contribution in [-0.2, 0) is 13.1 Å². The lowest BCUT2D eigenvalue weighted by Gasteiger charge is -2.43. The molecule has 1 N–H and O–H groups in total. The maximum Gasteiger partial charge on any atom is 0.250 e. The highest BCUT2D eigenvalue weighted by Gasteiger charge is 2.35. The van der Waals surface area contributed by atoms with Gasteiger partial charge in [-0.2, -0.15) is 0 Å². The number of nitrogens with zero attached hydrogens (tertiary/aromatic N) is 2. The number of thiocarbonyl (C=S) groups is 1. The molecular weight excluding hydrogens is 337 g/mol. The molecule has 1 fully saturated rings. The summed E-state index contributed by atoms with van der Waals surface area (Å²) >= 11 is 5.57. The van der Waals surface area contributed by atoms with Gasteiger partial charge in [-0.25, -0.2) is 4.39 Å². The van der Waals surface area contributed by atoms with Crippen molar-refractivity contribution in [1.29, 1.82) is 0 Å². The van der Waals surface area contributed by atoms with Gasteiger partial charge in [0, 0.05) is 43.9 Å². The molecule has 1 aromatic heterocycles. The number of piperidine rings is 1. The second kappa shape index (κ2) is 6.59. The van der Waals surface area contributed by atoms with Gasteiger partial charge in [0.1, 0.15) is 5.82 Å². The summed E-state index contributed by atoms with van der Waals surface area (Å²) in [7, 11) is 0. The quantitative estimate of drug-likeness (QED) is 0.838. The Hall–Kier alpha value is -2.21. The Morgan fingerprint density at radius 2 is 1.96 bits per heavy atom. The molecule has 4 rings (SSSR count). The number of halogens is 1. The van der Waals surface area contributed by atoms with Crippen LogP contribution in [0.1, 0.15) is 23.6 Å². The molecule has 0 radical (unpaired) electrons. The summed E-state index contributed by atoms with van der Waals surface area (Å²) in [6.45, 7) is 3.05. The first-order valence-electron chi connectivity index (χ1n) is 8.57. The summed E-state index contributed by atoms with van der Waals surface area (Å²) < 4.78 is 14.9. The van der Waals surface area contributed by atoms with E-state index in [2.05, 4.69) is 16.3 Å². The van der Waals surface area contributed by atoms with Gasteiger partial charge in [-0.3, -0.25) is 4.79 Å². The Balaban J connectivity index is 1.44. The van der Waals surface area contributed by atoms with E-state index in [-0.39, 0.29) is 11.4 Å². The van der Waals surface area contributed by atoms with Gasteiger partial charge in [0.05, 0.1) is 0 Å². The van der Waals surface area contributed by atoms with Crippen LogP contribution in [-0.4, -0.2) is 27.7 Å². The minimum atomic E-state index is -0.232. The molecule has 0 amide bonds. The lowest BCUT2D eigenvalue weighted by atomic mass is 9.83. The predicted octanol–water partition coefficient (Wildman–Crippen LogP) is 2.48. The molecule has 4 nitrogen and oxygen atoms in total. The summed E-state index contributed by atoms with van der Waals surface area (Å²) in [6, 6.07) is 12.0. The van der Waals surface area contributed by atoms with Gasteiger partial charge in [0.15, 0.2) is 5.11 Å². The standard InChI is InChI=1S/C19H20FN3OS/c20-16-6-4-13(5-7-16)9-21-19(25)22-10-14-8-15(12-22)17-2-1-3-18(24)23(17)11-14/h1-7,14-15H,8-12H2,(H,21,25)/t14-,15-/m0/s1. The van der Waals surface area contributed by atoms with E-state index in [1.165, 1.54) is 12.1 Å². The van der Waals surface area contributed by atoms with Crippen LogP contribution in [0.25, 0.3) is 0 Å². The average Bonchev–Trinajstić information content (AvgIpc) is 2.62. The fourth-order valence-corrected chi connectivity index (χ4v) is 4.18. The number of likely N-dealkylation sites (tertiary alicyclic amines) is 1. The molecule has 2 aliphatic heterocycles. The molecule has 0 aliphatic carbocycles. The zero-order valence-corrected chi connectivity index (χ0v) is 14.6. The number of fused-ring (bicyclic) bond motifs is 4. The van der Waals surface area contributed by atoms with Crippen molar-refractivity contribution in [2.24, 2.45) is 5.92 Å². The fraction of sp³-hybridized carbons (Fsp3) is 0.368. The predicted molar refractivity (Wildman–Crippen MR) is 99.0 cm³/mol. The number of hydrogen-bond donors (Lipinski definition) is 1. The van der Waals surface area contributed by atoms with Crippen molar-refractivity contribution >= 4 is 17.3 Å². The number of nitrogens with one attached hydrogen (secondary N) is 1. The third-order valence-electron chi connectivity index (χ3n) is 5.12.